The first kappa shape index (κ1) is 13.5. The van der Waals surface area contributed by atoms with Crippen molar-refractivity contribution in [3.8, 4) is 0 Å². The van der Waals surface area contributed by atoms with Crippen LogP contribution in [-0.2, 0) is 11.2 Å². The number of nitrogens with zero attached hydrogens (tertiary/aromatic N) is 1. The standard InChI is InChI=1S/C13H15F2NOS/c1-16-4-5-18-8-12(16)13(17)6-9-2-3-10(14)7-11(9)15/h2-3,7,12H,4-6,8H2,1H3. The minimum Gasteiger partial charge on any atom is -0.298 e. The Morgan fingerprint density at radius 3 is 2.94 bits per heavy atom. The molecule has 1 aromatic rings. The molecule has 0 aliphatic carbocycles. The lowest BCUT2D eigenvalue weighted by Gasteiger charge is -2.30. The number of rotatable bonds is 3. The Bertz CT molecular complexity index is 453. The summed E-state index contributed by atoms with van der Waals surface area (Å²) in [5.74, 6) is 0.502. The maximum Gasteiger partial charge on any atom is 0.155 e. The van der Waals surface area contributed by atoms with Crippen molar-refractivity contribution in [1.29, 1.82) is 0 Å². The van der Waals surface area contributed by atoms with Gasteiger partial charge in [-0.3, -0.25) is 9.69 Å². The zero-order valence-electron chi connectivity index (χ0n) is 10.2. The molecule has 1 aromatic carbocycles. The van der Waals surface area contributed by atoms with Gasteiger partial charge in [0.15, 0.2) is 5.78 Å². The Morgan fingerprint density at radius 1 is 1.50 bits per heavy atom. The molecular formula is C13H15F2NOS. The molecule has 0 radical (unpaired) electrons. The van der Waals surface area contributed by atoms with E-state index in [1.54, 1.807) is 11.8 Å². The number of hydrogen-bond acceptors (Lipinski definition) is 3. The van der Waals surface area contributed by atoms with E-state index in [1.807, 2.05) is 11.9 Å². The maximum atomic E-state index is 13.5. The molecule has 0 aromatic heterocycles. The highest BCUT2D eigenvalue weighted by Crippen LogP contribution is 2.18. The fraction of sp³-hybridized carbons (Fsp3) is 0.462. The second kappa shape index (κ2) is 5.80. The smallest absolute Gasteiger partial charge is 0.155 e. The average Bonchev–Trinajstić information content (AvgIpc) is 2.33. The van der Waals surface area contributed by atoms with Crippen LogP contribution in [0.4, 0.5) is 8.78 Å². The predicted octanol–water partition coefficient (Wildman–Crippen LogP) is 2.12. The van der Waals surface area contributed by atoms with Crippen molar-refractivity contribution in [2.75, 3.05) is 25.1 Å². The average molecular weight is 271 g/mol. The molecule has 1 fully saturated rings. The van der Waals surface area contributed by atoms with Gasteiger partial charge in [0.2, 0.25) is 0 Å². The molecule has 1 unspecified atom stereocenters. The molecule has 0 amide bonds. The minimum absolute atomic E-state index is 0.00444. The van der Waals surface area contributed by atoms with E-state index in [2.05, 4.69) is 0 Å². The van der Waals surface area contributed by atoms with Gasteiger partial charge in [-0.05, 0) is 18.7 Å². The zero-order valence-corrected chi connectivity index (χ0v) is 11.0. The van der Waals surface area contributed by atoms with E-state index in [0.717, 1.165) is 24.1 Å². The molecule has 1 aliphatic heterocycles. The van der Waals surface area contributed by atoms with E-state index in [4.69, 9.17) is 0 Å². The molecule has 1 saturated heterocycles. The molecule has 5 heteroatoms. The van der Waals surface area contributed by atoms with Gasteiger partial charge in [0, 0.05) is 30.5 Å². The van der Waals surface area contributed by atoms with Crippen molar-refractivity contribution in [3.63, 3.8) is 0 Å². The lowest BCUT2D eigenvalue weighted by Crippen LogP contribution is -2.45. The second-order valence-corrected chi connectivity index (χ2v) is 5.60. The lowest BCUT2D eigenvalue weighted by molar-refractivity contribution is -0.122. The van der Waals surface area contributed by atoms with Gasteiger partial charge >= 0.3 is 0 Å². The van der Waals surface area contributed by atoms with Crippen molar-refractivity contribution in [1.82, 2.24) is 4.90 Å². The largest absolute Gasteiger partial charge is 0.298 e. The van der Waals surface area contributed by atoms with Gasteiger partial charge in [-0.25, -0.2) is 8.78 Å². The Labute approximate surface area is 109 Å². The third-order valence-electron chi connectivity index (χ3n) is 3.15. The number of carbonyl (C=O) groups excluding carboxylic acids is 1. The highest BCUT2D eigenvalue weighted by Gasteiger charge is 2.26. The van der Waals surface area contributed by atoms with Crippen LogP contribution in [-0.4, -0.2) is 41.8 Å². The Hall–Kier alpha value is -0.940. The van der Waals surface area contributed by atoms with E-state index in [-0.39, 0.29) is 23.8 Å². The summed E-state index contributed by atoms with van der Waals surface area (Å²) in [6, 6.07) is 3.19. The second-order valence-electron chi connectivity index (χ2n) is 4.45. The summed E-state index contributed by atoms with van der Waals surface area (Å²) in [6.07, 6.45) is 0.0294. The molecule has 0 N–H and O–H groups in total. The first-order valence-corrected chi connectivity index (χ1v) is 6.98. The number of hydrogen-bond donors (Lipinski definition) is 0. The van der Waals surface area contributed by atoms with E-state index in [9.17, 15) is 13.6 Å². The van der Waals surface area contributed by atoms with Crippen LogP contribution >= 0.6 is 11.8 Å². The van der Waals surface area contributed by atoms with E-state index in [0.29, 0.717) is 0 Å². The molecule has 0 bridgehead atoms. The summed E-state index contributed by atoms with van der Waals surface area (Å²) in [5, 5.41) is 0. The maximum absolute atomic E-state index is 13.5. The van der Waals surface area contributed by atoms with Gasteiger partial charge in [-0.15, -0.1) is 0 Å². The minimum atomic E-state index is -0.644. The van der Waals surface area contributed by atoms with Gasteiger partial charge in [0.1, 0.15) is 11.6 Å². The van der Waals surface area contributed by atoms with E-state index >= 15 is 0 Å². The van der Waals surface area contributed by atoms with Crippen LogP contribution in [0.2, 0.25) is 0 Å². The molecule has 1 heterocycles. The van der Waals surface area contributed by atoms with Gasteiger partial charge in [-0.1, -0.05) is 6.07 Å². The Kier molecular flexibility index (Phi) is 4.35. The highest BCUT2D eigenvalue weighted by atomic mass is 32.2. The third-order valence-corrected chi connectivity index (χ3v) is 4.17. The van der Waals surface area contributed by atoms with Crippen LogP contribution in [0.15, 0.2) is 18.2 Å². The molecule has 98 valence electrons. The SMILES string of the molecule is CN1CCSCC1C(=O)Cc1ccc(F)cc1F. The van der Waals surface area contributed by atoms with Gasteiger partial charge in [0.25, 0.3) is 0 Å². The summed E-state index contributed by atoms with van der Waals surface area (Å²) >= 11 is 1.74. The van der Waals surface area contributed by atoms with Crippen LogP contribution in [0.3, 0.4) is 0 Å². The predicted molar refractivity (Wildman–Crippen MR) is 68.8 cm³/mol. The number of thioether (sulfide) groups is 1. The Balaban J connectivity index is 2.06. The van der Waals surface area contributed by atoms with Crippen LogP contribution < -0.4 is 0 Å². The number of benzene rings is 1. The fourth-order valence-electron chi connectivity index (χ4n) is 2.00. The summed E-state index contributed by atoms with van der Waals surface area (Å²) in [5.41, 5.74) is 0.269. The van der Waals surface area contributed by atoms with Gasteiger partial charge in [-0.2, -0.15) is 11.8 Å². The molecule has 0 saturated carbocycles. The lowest BCUT2D eigenvalue weighted by atomic mass is 10.0. The van der Waals surface area contributed by atoms with Crippen LogP contribution in [0, 0.1) is 11.6 Å². The van der Waals surface area contributed by atoms with Crippen molar-refractivity contribution >= 4 is 17.5 Å². The molecule has 1 atom stereocenters. The van der Waals surface area contributed by atoms with Gasteiger partial charge in [0.05, 0.1) is 6.04 Å². The molecule has 2 rings (SSSR count). The van der Waals surface area contributed by atoms with Crippen molar-refractivity contribution in [2.24, 2.45) is 0 Å². The number of Topliss-reactive ketones (excluding diaryl/α,β-unsaturated/α-hetero) is 1. The fourth-order valence-corrected chi connectivity index (χ4v) is 3.24. The summed E-state index contributed by atoms with van der Waals surface area (Å²) in [6.45, 7) is 0.868. The quantitative estimate of drug-likeness (QED) is 0.840. The van der Waals surface area contributed by atoms with Crippen molar-refractivity contribution in [3.05, 3.63) is 35.4 Å². The zero-order chi connectivity index (χ0) is 13.1. The first-order valence-electron chi connectivity index (χ1n) is 5.82. The molecule has 2 nitrogen and oxygen atoms in total. The monoisotopic (exact) mass is 271 g/mol. The summed E-state index contributed by atoms with van der Waals surface area (Å²) in [7, 11) is 1.91. The van der Waals surface area contributed by atoms with Crippen LogP contribution in [0.5, 0.6) is 0 Å². The number of ketones is 1. The first-order chi connectivity index (χ1) is 8.58. The number of carbonyl (C=O) groups is 1. The number of likely N-dealkylation sites (N-methyl/N-ethyl adjacent to an activating group) is 1. The number of halogens is 2. The molecule has 1 aliphatic rings. The van der Waals surface area contributed by atoms with Crippen molar-refractivity contribution in [2.45, 2.75) is 12.5 Å². The normalized spacial score (nSPS) is 20.9. The Morgan fingerprint density at radius 2 is 2.28 bits per heavy atom. The van der Waals surface area contributed by atoms with Gasteiger partial charge < -0.3 is 0 Å². The van der Waals surface area contributed by atoms with E-state index < -0.39 is 11.6 Å². The molecule has 0 spiro atoms. The summed E-state index contributed by atoms with van der Waals surface area (Å²) in [4.78, 5) is 14.1. The summed E-state index contributed by atoms with van der Waals surface area (Å²) < 4.78 is 26.2. The topological polar surface area (TPSA) is 20.3 Å². The highest BCUT2D eigenvalue weighted by molar-refractivity contribution is 7.99. The van der Waals surface area contributed by atoms with Crippen LogP contribution in [0.25, 0.3) is 0 Å². The van der Waals surface area contributed by atoms with Crippen LogP contribution in [0.1, 0.15) is 5.56 Å². The molecule has 18 heavy (non-hydrogen) atoms. The third kappa shape index (κ3) is 3.09. The van der Waals surface area contributed by atoms with E-state index in [1.165, 1.54) is 12.1 Å². The van der Waals surface area contributed by atoms with Crippen molar-refractivity contribution < 1.29 is 13.6 Å². The molecular weight excluding hydrogens is 256 g/mol.